The Morgan fingerprint density at radius 3 is 3.00 bits per heavy atom. The Morgan fingerprint density at radius 2 is 2.21 bits per heavy atom. The molecule has 0 radical (unpaired) electrons. The standard InChI is InChI=1S/C17H15FN4O2/c1-9-11-3-2-4-12(18)16(11)24-15(9)17(23)22-6-5-13-10(8-22)7-14(19)21-20-13/h2-4,7H,5-6,8H2,1H3,(H2,19,21). The number of benzene rings is 1. The van der Waals surface area contributed by atoms with Crippen molar-refractivity contribution in [1.29, 1.82) is 0 Å². The Kier molecular flexibility index (Phi) is 3.23. The maximum Gasteiger partial charge on any atom is 0.290 e. The van der Waals surface area contributed by atoms with Crippen LogP contribution in [0.1, 0.15) is 27.4 Å². The second-order valence-electron chi connectivity index (χ2n) is 5.89. The number of amides is 1. The lowest BCUT2D eigenvalue weighted by molar-refractivity contribution is 0.0702. The average molecular weight is 326 g/mol. The van der Waals surface area contributed by atoms with Gasteiger partial charge in [-0.25, -0.2) is 4.39 Å². The van der Waals surface area contributed by atoms with Crippen molar-refractivity contribution in [2.24, 2.45) is 0 Å². The lowest BCUT2D eigenvalue weighted by atomic mass is 10.1. The molecule has 3 heterocycles. The first-order valence-corrected chi connectivity index (χ1v) is 7.62. The van der Waals surface area contributed by atoms with Gasteiger partial charge >= 0.3 is 0 Å². The summed E-state index contributed by atoms with van der Waals surface area (Å²) in [5.74, 6) is -0.232. The molecule has 1 aromatic carbocycles. The predicted molar refractivity (Wildman–Crippen MR) is 85.8 cm³/mol. The number of hydrogen-bond donors (Lipinski definition) is 1. The minimum absolute atomic E-state index is 0.117. The molecule has 0 unspecified atom stereocenters. The summed E-state index contributed by atoms with van der Waals surface area (Å²) in [6.07, 6.45) is 0.599. The minimum atomic E-state index is -0.471. The highest BCUT2D eigenvalue weighted by Gasteiger charge is 2.28. The Bertz CT molecular complexity index is 967. The monoisotopic (exact) mass is 326 g/mol. The lowest BCUT2D eigenvalue weighted by Gasteiger charge is -2.27. The highest BCUT2D eigenvalue weighted by Crippen LogP contribution is 2.29. The van der Waals surface area contributed by atoms with Gasteiger partial charge in [0.25, 0.3) is 5.91 Å². The highest BCUT2D eigenvalue weighted by atomic mass is 19.1. The molecule has 0 saturated heterocycles. The van der Waals surface area contributed by atoms with Crippen molar-refractivity contribution >= 4 is 22.7 Å². The quantitative estimate of drug-likeness (QED) is 0.742. The zero-order valence-corrected chi connectivity index (χ0v) is 13.0. The SMILES string of the molecule is Cc1c(C(=O)N2CCc3nnc(N)cc3C2)oc2c(F)cccc12. The Labute approximate surface area is 137 Å². The van der Waals surface area contributed by atoms with E-state index in [2.05, 4.69) is 10.2 Å². The van der Waals surface area contributed by atoms with Gasteiger partial charge < -0.3 is 15.1 Å². The number of anilines is 1. The molecule has 6 nitrogen and oxygen atoms in total. The molecule has 0 aliphatic carbocycles. The van der Waals surface area contributed by atoms with E-state index in [0.717, 1.165) is 11.3 Å². The number of carbonyl (C=O) groups is 1. The Morgan fingerprint density at radius 1 is 1.38 bits per heavy atom. The summed E-state index contributed by atoms with van der Waals surface area (Å²) >= 11 is 0. The van der Waals surface area contributed by atoms with Crippen LogP contribution in [0.4, 0.5) is 10.2 Å². The Hall–Kier alpha value is -2.96. The number of fused-ring (bicyclic) bond motifs is 2. The smallest absolute Gasteiger partial charge is 0.290 e. The Balaban J connectivity index is 1.70. The molecule has 0 bridgehead atoms. The summed E-state index contributed by atoms with van der Waals surface area (Å²) in [6.45, 7) is 2.65. The van der Waals surface area contributed by atoms with Crippen molar-refractivity contribution < 1.29 is 13.6 Å². The molecule has 3 aromatic rings. The molecule has 2 N–H and O–H groups in total. The first kappa shape index (κ1) is 14.6. The summed E-state index contributed by atoms with van der Waals surface area (Å²) in [5.41, 5.74) is 8.16. The number of rotatable bonds is 1. The minimum Gasteiger partial charge on any atom is -0.448 e. The van der Waals surface area contributed by atoms with Gasteiger partial charge in [0.2, 0.25) is 0 Å². The summed E-state index contributed by atoms with van der Waals surface area (Å²) in [4.78, 5) is 14.5. The largest absolute Gasteiger partial charge is 0.448 e. The van der Waals surface area contributed by atoms with Crippen LogP contribution in [-0.4, -0.2) is 27.5 Å². The van der Waals surface area contributed by atoms with E-state index in [0.29, 0.717) is 36.3 Å². The van der Waals surface area contributed by atoms with Crippen LogP contribution in [0.3, 0.4) is 0 Å². The van der Waals surface area contributed by atoms with E-state index in [9.17, 15) is 9.18 Å². The number of nitrogen functional groups attached to an aromatic ring is 1. The summed E-state index contributed by atoms with van der Waals surface area (Å²) in [7, 11) is 0. The van der Waals surface area contributed by atoms with Crippen LogP contribution in [0.5, 0.6) is 0 Å². The number of nitrogens with two attached hydrogens (primary N) is 1. The van der Waals surface area contributed by atoms with Gasteiger partial charge in [-0.2, -0.15) is 5.10 Å². The van der Waals surface area contributed by atoms with E-state index < -0.39 is 5.82 Å². The van der Waals surface area contributed by atoms with Gasteiger partial charge in [0.15, 0.2) is 17.2 Å². The lowest BCUT2D eigenvalue weighted by Crippen LogP contribution is -2.36. The molecule has 4 rings (SSSR count). The van der Waals surface area contributed by atoms with E-state index in [-0.39, 0.29) is 17.3 Å². The van der Waals surface area contributed by atoms with E-state index in [1.165, 1.54) is 6.07 Å². The topological polar surface area (TPSA) is 85.2 Å². The van der Waals surface area contributed by atoms with Gasteiger partial charge in [0, 0.05) is 30.5 Å². The number of aromatic nitrogens is 2. The third-order valence-electron chi connectivity index (χ3n) is 4.36. The number of carbonyl (C=O) groups excluding carboxylic acids is 1. The van der Waals surface area contributed by atoms with Gasteiger partial charge in [-0.05, 0) is 24.6 Å². The number of furan rings is 1. The van der Waals surface area contributed by atoms with E-state index in [1.807, 2.05) is 0 Å². The van der Waals surface area contributed by atoms with Crippen LogP contribution >= 0.6 is 0 Å². The molecule has 24 heavy (non-hydrogen) atoms. The zero-order valence-electron chi connectivity index (χ0n) is 13.0. The van der Waals surface area contributed by atoms with Gasteiger partial charge in [0.05, 0.1) is 5.69 Å². The number of hydrogen-bond acceptors (Lipinski definition) is 5. The van der Waals surface area contributed by atoms with Crippen LogP contribution in [0.25, 0.3) is 11.0 Å². The maximum absolute atomic E-state index is 13.9. The van der Waals surface area contributed by atoms with Crippen molar-refractivity contribution in [2.45, 2.75) is 19.9 Å². The molecular weight excluding hydrogens is 311 g/mol. The van der Waals surface area contributed by atoms with Gasteiger partial charge in [-0.15, -0.1) is 5.10 Å². The number of halogens is 1. The molecule has 0 atom stereocenters. The van der Waals surface area contributed by atoms with Crippen LogP contribution in [0.2, 0.25) is 0 Å². The van der Waals surface area contributed by atoms with E-state index in [4.69, 9.17) is 10.2 Å². The molecule has 0 fully saturated rings. The number of nitrogens with zero attached hydrogens (tertiary/aromatic N) is 3. The van der Waals surface area contributed by atoms with Crippen molar-refractivity contribution in [3.8, 4) is 0 Å². The first-order valence-electron chi connectivity index (χ1n) is 7.62. The van der Waals surface area contributed by atoms with Gasteiger partial charge in [-0.3, -0.25) is 4.79 Å². The maximum atomic E-state index is 13.9. The summed E-state index contributed by atoms with van der Waals surface area (Å²) in [6, 6.07) is 6.40. The first-order chi connectivity index (χ1) is 11.5. The predicted octanol–water partition coefficient (Wildman–Crippen LogP) is 2.45. The fourth-order valence-corrected chi connectivity index (χ4v) is 3.08. The number of aryl methyl sites for hydroxylation is 1. The van der Waals surface area contributed by atoms with Crippen molar-refractivity contribution in [2.75, 3.05) is 12.3 Å². The van der Waals surface area contributed by atoms with Crippen molar-refractivity contribution in [1.82, 2.24) is 15.1 Å². The summed E-state index contributed by atoms with van der Waals surface area (Å²) in [5, 5.41) is 8.52. The molecule has 1 aliphatic rings. The molecule has 0 spiro atoms. The van der Waals surface area contributed by atoms with Crippen LogP contribution in [0, 0.1) is 12.7 Å². The second-order valence-corrected chi connectivity index (χ2v) is 5.89. The molecule has 7 heteroatoms. The molecule has 0 saturated carbocycles. The molecule has 1 aliphatic heterocycles. The molecule has 2 aromatic heterocycles. The van der Waals surface area contributed by atoms with Gasteiger partial charge in [-0.1, -0.05) is 12.1 Å². The molecular formula is C17H15FN4O2. The van der Waals surface area contributed by atoms with Crippen molar-refractivity contribution in [3.63, 3.8) is 0 Å². The van der Waals surface area contributed by atoms with Crippen LogP contribution in [-0.2, 0) is 13.0 Å². The molecule has 1 amide bonds. The van der Waals surface area contributed by atoms with Crippen LogP contribution < -0.4 is 5.73 Å². The normalized spacial score (nSPS) is 14.0. The fourth-order valence-electron chi connectivity index (χ4n) is 3.08. The number of para-hydroxylation sites is 1. The highest BCUT2D eigenvalue weighted by molar-refractivity contribution is 5.99. The van der Waals surface area contributed by atoms with Crippen LogP contribution in [0.15, 0.2) is 28.7 Å². The molecule has 122 valence electrons. The zero-order chi connectivity index (χ0) is 16.8. The second kappa shape index (κ2) is 5.30. The van der Waals surface area contributed by atoms with Gasteiger partial charge in [0.1, 0.15) is 5.82 Å². The van der Waals surface area contributed by atoms with Crippen molar-refractivity contribution in [3.05, 3.63) is 52.7 Å². The van der Waals surface area contributed by atoms with E-state index >= 15 is 0 Å². The summed E-state index contributed by atoms with van der Waals surface area (Å²) < 4.78 is 19.4. The fraction of sp³-hybridized carbons (Fsp3) is 0.235. The third-order valence-corrected chi connectivity index (χ3v) is 4.36. The third kappa shape index (κ3) is 2.20. The van der Waals surface area contributed by atoms with E-state index in [1.54, 1.807) is 30.0 Å². The average Bonchev–Trinajstić information content (AvgIpc) is 2.92.